The molecule has 5 nitrogen and oxygen atoms in total. The van der Waals surface area contributed by atoms with Crippen LogP contribution in [0, 0.1) is 0 Å². The SMILES string of the molecule is O=C(c1cccs1)N1CCN(Cc2ncc(-c3cccc(Cl)c3)o2)CC1. The second kappa shape index (κ2) is 7.61. The molecule has 1 saturated heterocycles. The van der Waals surface area contributed by atoms with Crippen molar-refractivity contribution in [3.8, 4) is 11.3 Å². The number of benzene rings is 1. The summed E-state index contributed by atoms with van der Waals surface area (Å²) in [5.74, 6) is 1.52. The van der Waals surface area contributed by atoms with Crippen LogP contribution >= 0.6 is 22.9 Å². The lowest BCUT2D eigenvalue weighted by Gasteiger charge is -2.33. The van der Waals surface area contributed by atoms with Crippen molar-refractivity contribution in [3.05, 3.63) is 63.8 Å². The number of oxazole rings is 1. The first-order valence-corrected chi connectivity index (χ1v) is 9.70. The maximum absolute atomic E-state index is 12.4. The molecule has 0 bridgehead atoms. The Morgan fingerprint density at radius 1 is 1.19 bits per heavy atom. The lowest BCUT2D eigenvalue weighted by atomic mass is 10.2. The number of aromatic nitrogens is 1. The highest BCUT2D eigenvalue weighted by molar-refractivity contribution is 7.12. The molecular formula is C19H18ClN3O2S. The van der Waals surface area contributed by atoms with Crippen LogP contribution in [-0.2, 0) is 6.54 Å². The van der Waals surface area contributed by atoms with E-state index in [1.165, 1.54) is 11.3 Å². The molecule has 1 fully saturated rings. The fourth-order valence-corrected chi connectivity index (χ4v) is 3.90. The number of halogens is 1. The quantitative estimate of drug-likeness (QED) is 0.678. The molecule has 0 aliphatic carbocycles. The molecular weight excluding hydrogens is 370 g/mol. The molecule has 26 heavy (non-hydrogen) atoms. The van der Waals surface area contributed by atoms with Crippen molar-refractivity contribution in [3.63, 3.8) is 0 Å². The summed E-state index contributed by atoms with van der Waals surface area (Å²) in [6.45, 7) is 3.71. The number of carbonyl (C=O) groups excluding carboxylic acids is 1. The smallest absolute Gasteiger partial charge is 0.264 e. The number of carbonyl (C=O) groups is 1. The average Bonchev–Trinajstić information content (AvgIpc) is 3.34. The van der Waals surface area contributed by atoms with Crippen LogP contribution in [0.1, 0.15) is 15.6 Å². The fraction of sp³-hybridized carbons (Fsp3) is 0.263. The zero-order chi connectivity index (χ0) is 17.9. The summed E-state index contributed by atoms with van der Waals surface area (Å²) in [4.78, 5) is 21.7. The molecule has 3 heterocycles. The Morgan fingerprint density at radius 2 is 2.04 bits per heavy atom. The van der Waals surface area contributed by atoms with Crippen LogP contribution in [0.2, 0.25) is 5.02 Å². The van der Waals surface area contributed by atoms with Crippen LogP contribution in [-0.4, -0.2) is 46.9 Å². The Morgan fingerprint density at radius 3 is 2.77 bits per heavy atom. The van der Waals surface area contributed by atoms with Crippen molar-refractivity contribution in [1.82, 2.24) is 14.8 Å². The molecule has 0 unspecified atom stereocenters. The molecule has 134 valence electrons. The van der Waals surface area contributed by atoms with Crippen LogP contribution < -0.4 is 0 Å². The third-order valence-electron chi connectivity index (χ3n) is 4.41. The Bertz CT molecular complexity index is 886. The fourth-order valence-electron chi connectivity index (χ4n) is 3.02. The topological polar surface area (TPSA) is 49.6 Å². The van der Waals surface area contributed by atoms with Crippen molar-refractivity contribution in [2.75, 3.05) is 26.2 Å². The number of hydrogen-bond acceptors (Lipinski definition) is 5. The second-order valence-corrected chi connectivity index (χ2v) is 7.56. The van der Waals surface area contributed by atoms with Gasteiger partial charge >= 0.3 is 0 Å². The largest absolute Gasteiger partial charge is 0.439 e. The summed E-state index contributed by atoms with van der Waals surface area (Å²) in [5.41, 5.74) is 0.919. The van der Waals surface area contributed by atoms with E-state index in [-0.39, 0.29) is 5.91 Å². The average molecular weight is 388 g/mol. The van der Waals surface area contributed by atoms with Crippen molar-refractivity contribution in [2.45, 2.75) is 6.54 Å². The van der Waals surface area contributed by atoms with E-state index >= 15 is 0 Å². The van der Waals surface area contributed by atoms with E-state index in [2.05, 4.69) is 9.88 Å². The monoisotopic (exact) mass is 387 g/mol. The molecule has 1 aromatic carbocycles. The van der Waals surface area contributed by atoms with Gasteiger partial charge in [0.05, 0.1) is 17.6 Å². The highest BCUT2D eigenvalue weighted by atomic mass is 35.5. The van der Waals surface area contributed by atoms with Crippen molar-refractivity contribution in [2.24, 2.45) is 0 Å². The van der Waals surface area contributed by atoms with Gasteiger partial charge in [-0.2, -0.15) is 0 Å². The first kappa shape index (κ1) is 17.3. The van der Waals surface area contributed by atoms with Gasteiger partial charge in [-0.1, -0.05) is 29.8 Å². The summed E-state index contributed by atoms with van der Waals surface area (Å²) >= 11 is 7.52. The molecule has 0 atom stereocenters. The molecule has 0 N–H and O–H groups in total. The predicted molar refractivity (Wildman–Crippen MR) is 102 cm³/mol. The van der Waals surface area contributed by atoms with Crippen molar-refractivity contribution < 1.29 is 9.21 Å². The number of hydrogen-bond donors (Lipinski definition) is 0. The number of thiophene rings is 1. The molecule has 7 heteroatoms. The summed E-state index contributed by atoms with van der Waals surface area (Å²) in [6, 6.07) is 11.3. The van der Waals surface area contributed by atoms with Gasteiger partial charge in [0.1, 0.15) is 0 Å². The van der Waals surface area contributed by atoms with E-state index in [4.69, 9.17) is 16.0 Å². The molecule has 0 radical (unpaired) electrons. The predicted octanol–water partition coefficient (Wildman–Crippen LogP) is 4.01. The Balaban J connectivity index is 1.34. The number of nitrogens with zero attached hydrogens (tertiary/aromatic N) is 3. The highest BCUT2D eigenvalue weighted by Gasteiger charge is 2.23. The number of amides is 1. The van der Waals surface area contributed by atoms with Crippen molar-refractivity contribution in [1.29, 1.82) is 0 Å². The van der Waals surface area contributed by atoms with Gasteiger partial charge in [0.2, 0.25) is 5.89 Å². The van der Waals surface area contributed by atoms with E-state index in [1.807, 2.05) is 46.7 Å². The molecule has 3 aromatic rings. The molecule has 1 aliphatic rings. The van der Waals surface area contributed by atoms with Crippen LogP contribution in [0.25, 0.3) is 11.3 Å². The van der Waals surface area contributed by atoms with Gasteiger partial charge in [0.15, 0.2) is 5.76 Å². The molecule has 4 rings (SSSR count). The number of piperazine rings is 1. The highest BCUT2D eigenvalue weighted by Crippen LogP contribution is 2.24. The first-order chi connectivity index (χ1) is 12.7. The lowest BCUT2D eigenvalue weighted by Crippen LogP contribution is -2.48. The minimum absolute atomic E-state index is 0.124. The van der Waals surface area contributed by atoms with Crippen LogP contribution in [0.5, 0.6) is 0 Å². The zero-order valence-corrected chi connectivity index (χ0v) is 15.7. The maximum Gasteiger partial charge on any atom is 0.264 e. The Hall–Kier alpha value is -2.15. The maximum atomic E-state index is 12.4. The minimum atomic E-state index is 0.124. The summed E-state index contributed by atoms with van der Waals surface area (Å²) in [6.07, 6.45) is 1.73. The van der Waals surface area contributed by atoms with Gasteiger partial charge in [-0.15, -0.1) is 11.3 Å². The van der Waals surface area contributed by atoms with Crippen LogP contribution in [0.3, 0.4) is 0 Å². The van der Waals surface area contributed by atoms with E-state index < -0.39 is 0 Å². The van der Waals surface area contributed by atoms with Gasteiger partial charge in [-0.3, -0.25) is 9.69 Å². The van der Waals surface area contributed by atoms with E-state index in [1.54, 1.807) is 6.20 Å². The Labute approximate surface area is 160 Å². The van der Waals surface area contributed by atoms with Gasteiger partial charge in [-0.05, 0) is 23.6 Å². The minimum Gasteiger partial charge on any atom is -0.439 e. The van der Waals surface area contributed by atoms with Crippen LogP contribution in [0.4, 0.5) is 0 Å². The van der Waals surface area contributed by atoms with Crippen LogP contribution in [0.15, 0.2) is 52.4 Å². The van der Waals surface area contributed by atoms with Gasteiger partial charge < -0.3 is 9.32 Å². The summed E-state index contributed by atoms with van der Waals surface area (Å²) in [5, 5.41) is 2.61. The third-order valence-corrected chi connectivity index (χ3v) is 5.51. The molecule has 1 aliphatic heterocycles. The standard InChI is InChI=1S/C19H18ClN3O2S/c20-15-4-1-3-14(11-15)16-12-21-18(25-16)13-22-6-8-23(9-7-22)19(24)17-5-2-10-26-17/h1-5,10-12H,6-9,13H2. The van der Waals surface area contributed by atoms with Crippen molar-refractivity contribution >= 4 is 28.8 Å². The summed E-state index contributed by atoms with van der Waals surface area (Å²) in [7, 11) is 0. The molecule has 2 aromatic heterocycles. The molecule has 0 spiro atoms. The third kappa shape index (κ3) is 3.82. The summed E-state index contributed by atoms with van der Waals surface area (Å²) < 4.78 is 5.87. The Kier molecular flexibility index (Phi) is 5.06. The molecule has 0 saturated carbocycles. The van der Waals surface area contributed by atoms with Gasteiger partial charge in [-0.25, -0.2) is 4.98 Å². The van der Waals surface area contributed by atoms with E-state index in [0.29, 0.717) is 23.2 Å². The first-order valence-electron chi connectivity index (χ1n) is 8.45. The van der Waals surface area contributed by atoms with E-state index in [9.17, 15) is 4.79 Å². The second-order valence-electron chi connectivity index (χ2n) is 6.17. The van der Waals surface area contributed by atoms with E-state index in [0.717, 1.165) is 36.6 Å². The number of rotatable bonds is 4. The zero-order valence-electron chi connectivity index (χ0n) is 14.1. The molecule has 1 amide bonds. The van der Waals surface area contributed by atoms with Gasteiger partial charge in [0, 0.05) is 36.8 Å². The lowest BCUT2D eigenvalue weighted by molar-refractivity contribution is 0.0623. The van der Waals surface area contributed by atoms with Gasteiger partial charge in [0.25, 0.3) is 5.91 Å². The normalized spacial score (nSPS) is 15.3.